The lowest BCUT2D eigenvalue weighted by Gasteiger charge is -2.33. The van der Waals surface area contributed by atoms with Crippen molar-refractivity contribution in [2.24, 2.45) is 0 Å². The molecule has 0 unspecified atom stereocenters. The monoisotopic (exact) mass is 361 g/mol. The topological polar surface area (TPSA) is 79.0 Å². The predicted molar refractivity (Wildman–Crippen MR) is 89.5 cm³/mol. The molecule has 1 fully saturated rings. The molecule has 7 nitrogen and oxygen atoms in total. The van der Waals surface area contributed by atoms with Crippen LogP contribution in [-0.4, -0.2) is 69.6 Å². The van der Waals surface area contributed by atoms with Crippen LogP contribution in [0.15, 0.2) is 18.2 Å². The van der Waals surface area contributed by atoms with Gasteiger partial charge in [-0.25, -0.2) is 8.42 Å². The third-order valence-corrected chi connectivity index (χ3v) is 5.30. The zero-order chi connectivity index (χ0) is 17.0. The summed E-state index contributed by atoms with van der Waals surface area (Å²) in [5, 5.41) is 3.49. The van der Waals surface area contributed by atoms with E-state index in [1.807, 2.05) is 0 Å². The molecule has 1 aliphatic rings. The molecule has 0 spiro atoms. The molecule has 2 rings (SSSR count). The smallest absolute Gasteiger partial charge is 0.241 e. The second-order valence-electron chi connectivity index (χ2n) is 5.24. The summed E-state index contributed by atoms with van der Waals surface area (Å²) in [4.78, 5) is 13.9. The highest BCUT2D eigenvalue weighted by molar-refractivity contribution is 7.88. The van der Waals surface area contributed by atoms with Crippen molar-refractivity contribution in [1.82, 2.24) is 9.21 Å². The summed E-state index contributed by atoms with van der Waals surface area (Å²) >= 11 is 6.08. The average molecular weight is 362 g/mol. The highest BCUT2D eigenvalue weighted by Crippen LogP contribution is 2.26. The van der Waals surface area contributed by atoms with Gasteiger partial charge in [-0.15, -0.1) is 0 Å². The number of piperazine rings is 1. The van der Waals surface area contributed by atoms with Crippen LogP contribution in [0.4, 0.5) is 5.69 Å². The van der Waals surface area contributed by atoms with Crippen LogP contribution in [0.1, 0.15) is 0 Å². The Morgan fingerprint density at radius 2 is 1.96 bits per heavy atom. The van der Waals surface area contributed by atoms with E-state index in [1.165, 1.54) is 10.6 Å². The number of anilines is 1. The molecule has 0 saturated carbocycles. The molecule has 128 valence electrons. The normalized spacial score (nSPS) is 16.2. The van der Waals surface area contributed by atoms with Crippen molar-refractivity contribution in [3.05, 3.63) is 23.2 Å². The molecule has 0 bridgehead atoms. The van der Waals surface area contributed by atoms with Gasteiger partial charge in [0.1, 0.15) is 5.75 Å². The first-order valence-electron chi connectivity index (χ1n) is 7.11. The van der Waals surface area contributed by atoms with Crippen LogP contribution < -0.4 is 10.1 Å². The number of sulfonamides is 1. The molecular weight excluding hydrogens is 342 g/mol. The van der Waals surface area contributed by atoms with Gasteiger partial charge in [-0.05, 0) is 12.1 Å². The molecule has 1 N–H and O–H groups in total. The van der Waals surface area contributed by atoms with Crippen LogP contribution in [0.3, 0.4) is 0 Å². The van der Waals surface area contributed by atoms with E-state index in [0.29, 0.717) is 42.6 Å². The van der Waals surface area contributed by atoms with E-state index in [2.05, 4.69) is 5.32 Å². The largest absolute Gasteiger partial charge is 0.497 e. The molecule has 1 aromatic carbocycles. The summed E-state index contributed by atoms with van der Waals surface area (Å²) < 4.78 is 29.4. The lowest BCUT2D eigenvalue weighted by atomic mass is 10.3. The number of amides is 1. The number of nitrogens with zero attached hydrogens (tertiary/aromatic N) is 2. The summed E-state index contributed by atoms with van der Waals surface area (Å²) in [7, 11) is -1.64. The molecule has 0 aliphatic carbocycles. The maximum absolute atomic E-state index is 12.2. The number of rotatable bonds is 5. The highest BCUT2D eigenvalue weighted by Gasteiger charge is 2.25. The van der Waals surface area contributed by atoms with Gasteiger partial charge in [0.2, 0.25) is 15.9 Å². The van der Waals surface area contributed by atoms with Crippen molar-refractivity contribution in [2.75, 3.05) is 51.4 Å². The van der Waals surface area contributed by atoms with Gasteiger partial charge in [-0.3, -0.25) is 4.79 Å². The van der Waals surface area contributed by atoms with Crippen LogP contribution in [0, 0.1) is 0 Å². The van der Waals surface area contributed by atoms with Gasteiger partial charge < -0.3 is 15.0 Å². The van der Waals surface area contributed by atoms with E-state index in [9.17, 15) is 13.2 Å². The maximum atomic E-state index is 12.2. The van der Waals surface area contributed by atoms with Crippen molar-refractivity contribution >= 4 is 33.2 Å². The first-order chi connectivity index (χ1) is 10.8. The summed E-state index contributed by atoms with van der Waals surface area (Å²) in [6.07, 6.45) is 1.18. The number of methoxy groups -OCH3 is 1. The van der Waals surface area contributed by atoms with Crippen molar-refractivity contribution in [3.8, 4) is 5.75 Å². The number of benzene rings is 1. The van der Waals surface area contributed by atoms with Gasteiger partial charge in [0, 0.05) is 32.2 Å². The van der Waals surface area contributed by atoms with Crippen LogP contribution in [-0.2, 0) is 14.8 Å². The van der Waals surface area contributed by atoms with E-state index < -0.39 is 10.0 Å². The third kappa shape index (κ3) is 4.73. The van der Waals surface area contributed by atoms with Crippen molar-refractivity contribution in [3.63, 3.8) is 0 Å². The molecular formula is C14H20ClN3O4S. The Kier molecular flexibility index (Phi) is 5.72. The quantitative estimate of drug-likeness (QED) is 0.841. The van der Waals surface area contributed by atoms with Gasteiger partial charge >= 0.3 is 0 Å². The Hall–Kier alpha value is -1.51. The second-order valence-corrected chi connectivity index (χ2v) is 7.63. The summed E-state index contributed by atoms with van der Waals surface area (Å²) in [5.74, 6) is 0.545. The fraction of sp³-hybridized carbons (Fsp3) is 0.500. The van der Waals surface area contributed by atoms with Crippen LogP contribution in [0.5, 0.6) is 5.75 Å². The van der Waals surface area contributed by atoms with Crippen LogP contribution in [0.2, 0.25) is 5.02 Å². The standard InChI is InChI=1S/C14H20ClN3O4S/c1-22-11-3-4-12(15)13(9-11)16-10-14(19)17-5-7-18(8-6-17)23(2,20)21/h3-4,9,16H,5-8,10H2,1-2H3. The summed E-state index contributed by atoms with van der Waals surface area (Å²) in [6.45, 7) is 1.51. The van der Waals surface area contributed by atoms with Crippen LogP contribution >= 0.6 is 11.6 Å². The molecule has 1 heterocycles. The zero-order valence-electron chi connectivity index (χ0n) is 13.1. The first kappa shape index (κ1) is 17.8. The lowest BCUT2D eigenvalue weighted by molar-refractivity contribution is -0.130. The van der Waals surface area contributed by atoms with E-state index in [-0.39, 0.29) is 12.5 Å². The van der Waals surface area contributed by atoms with Crippen LogP contribution in [0.25, 0.3) is 0 Å². The minimum Gasteiger partial charge on any atom is -0.497 e. The van der Waals surface area contributed by atoms with Gasteiger partial charge in [-0.1, -0.05) is 11.6 Å². The maximum Gasteiger partial charge on any atom is 0.241 e. The minimum absolute atomic E-state index is 0.0891. The lowest BCUT2D eigenvalue weighted by Crippen LogP contribution is -2.51. The number of carbonyl (C=O) groups excluding carboxylic acids is 1. The van der Waals surface area contributed by atoms with E-state index in [0.717, 1.165) is 0 Å². The molecule has 1 aliphatic heterocycles. The van der Waals surface area contributed by atoms with E-state index in [1.54, 1.807) is 30.2 Å². The van der Waals surface area contributed by atoms with Gasteiger partial charge in [0.05, 0.1) is 30.6 Å². The number of nitrogens with one attached hydrogen (secondary N) is 1. The molecule has 0 radical (unpaired) electrons. The van der Waals surface area contributed by atoms with E-state index >= 15 is 0 Å². The van der Waals surface area contributed by atoms with Gasteiger partial charge in [0.15, 0.2) is 0 Å². The zero-order valence-corrected chi connectivity index (χ0v) is 14.7. The average Bonchev–Trinajstić information content (AvgIpc) is 2.53. The Labute approximate surface area is 141 Å². The highest BCUT2D eigenvalue weighted by atomic mass is 35.5. The second kappa shape index (κ2) is 7.37. The number of hydrogen-bond donors (Lipinski definition) is 1. The first-order valence-corrected chi connectivity index (χ1v) is 9.34. The Morgan fingerprint density at radius 3 is 2.52 bits per heavy atom. The molecule has 9 heteroatoms. The fourth-order valence-electron chi connectivity index (χ4n) is 2.32. The van der Waals surface area contributed by atoms with Crippen molar-refractivity contribution < 1.29 is 17.9 Å². The molecule has 1 aromatic rings. The molecule has 1 saturated heterocycles. The SMILES string of the molecule is COc1ccc(Cl)c(NCC(=O)N2CCN(S(C)(=O)=O)CC2)c1. The Morgan fingerprint density at radius 1 is 1.30 bits per heavy atom. The number of carbonyl (C=O) groups is 1. The molecule has 1 amide bonds. The van der Waals surface area contributed by atoms with Gasteiger partial charge in [-0.2, -0.15) is 4.31 Å². The summed E-state index contributed by atoms with van der Waals surface area (Å²) in [6, 6.07) is 5.15. The van der Waals surface area contributed by atoms with Crippen molar-refractivity contribution in [1.29, 1.82) is 0 Å². The molecule has 0 aromatic heterocycles. The fourth-order valence-corrected chi connectivity index (χ4v) is 3.33. The third-order valence-electron chi connectivity index (χ3n) is 3.66. The van der Waals surface area contributed by atoms with Gasteiger partial charge in [0.25, 0.3) is 0 Å². The molecule has 0 atom stereocenters. The van der Waals surface area contributed by atoms with Crippen molar-refractivity contribution in [2.45, 2.75) is 0 Å². The number of halogens is 1. The number of hydrogen-bond acceptors (Lipinski definition) is 5. The number of ether oxygens (including phenoxy) is 1. The molecule has 23 heavy (non-hydrogen) atoms. The minimum atomic E-state index is -3.20. The van der Waals surface area contributed by atoms with E-state index in [4.69, 9.17) is 16.3 Å². The Bertz CT molecular complexity index is 673. The summed E-state index contributed by atoms with van der Waals surface area (Å²) in [5.41, 5.74) is 0.620. The predicted octanol–water partition coefficient (Wildman–Crippen LogP) is 0.864. The Balaban J connectivity index is 1.89.